The molecule has 2 nitrogen and oxygen atoms in total. The molecule has 0 spiro atoms. The Morgan fingerprint density at radius 3 is 3.17 bits per heavy atom. The fourth-order valence-electron chi connectivity index (χ4n) is 0.987. The normalized spacial score (nSPS) is 26.2. The van der Waals surface area contributed by atoms with Crippen molar-refractivity contribution < 1.29 is 0 Å². The molecule has 1 saturated heterocycles. The largest absolute Gasteiger partial charge is 0.361 e. The first kappa shape index (κ1) is 10.3. The van der Waals surface area contributed by atoms with Crippen LogP contribution >= 0.6 is 23.5 Å². The van der Waals surface area contributed by atoms with Crippen LogP contribution in [0.5, 0.6) is 0 Å². The monoisotopic (exact) mass is 204 g/mol. The first-order valence-corrected chi connectivity index (χ1v) is 6.67. The van der Waals surface area contributed by atoms with Crippen LogP contribution in [-0.4, -0.2) is 35.5 Å². The molecule has 4 heteroatoms. The molecule has 0 aromatic heterocycles. The number of hydrogen-bond acceptors (Lipinski definition) is 3. The van der Waals surface area contributed by atoms with E-state index in [2.05, 4.69) is 23.5 Å². The van der Waals surface area contributed by atoms with Gasteiger partial charge in [0, 0.05) is 17.5 Å². The molecule has 1 aliphatic heterocycles. The summed E-state index contributed by atoms with van der Waals surface area (Å²) in [5.74, 6) is 2.32. The lowest BCUT2D eigenvalue weighted by Gasteiger charge is -2.04. The van der Waals surface area contributed by atoms with Gasteiger partial charge in [0.25, 0.3) is 0 Å². The second-order valence-corrected chi connectivity index (χ2v) is 4.73. The van der Waals surface area contributed by atoms with Crippen molar-refractivity contribution in [3.8, 4) is 0 Å². The van der Waals surface area contributed by atoms with E-state index < -0.39 is 0 Å². The highest BCUT2D eigenvalue weighted by atomic mass is 32.2. The van der Waals surface area contributed by atoms with Gasteiger partial charge in [-0.15, -0.1) is 0 Å². The summed E-state index contributed by atoms with van der Waals surface area (Å²) in [6.45, 7) is 3.16. The van der Waals surface area contributed by atoms with Gasteiger partial charge in [-0.25, -0.2) is 0 Å². The van der Waals surface area contributed by atoms with E-state index in [-0.39, 0.29) is 0 Å². The lowest BCUT2D eigenvalue weighted by molar-refractivity contribution is 0.667. The molecule has 1 fully saturated rings. The SMILES string of the molecule is CCC1CSC(=NCCSC)N1. The van der Waals surface area contributed by atoms with Crippen molar-refractivity contribution >= 4 is 28.7 Å². The van der Waals surface area contributed by atoms with Gasteiger partial charge >= 0.3 is 0 Å². The third kappa shape index (κ3) is 3.27. The number of amidine groups is 1. The molecule has 0 aromatic rings. The number of thioether (sulfide) groups is 2. The Bertz CT molecular complexity index is 159. The molecule has 0 radical (unpaired) electrons. The second-order valence-electron chi connectivity index (χ2n) is 2.74. The standard InChI is InChI=1S/C8H16N2S2/c1-3-7-6-12-8(10-7)9-4-5-11-2/h7H,3-6H2,1-2H3,(H,9,10). The van der Waals surface area contributed by atoms with Crippen LogP contribution in [0.3, 0.4) is 0 Å². The van der Waals surface area contributed by atoms with E-state index in [9.17, 15) is 0 Å². The molecule has 0 amide bonds. The number of hydrogen-bond donors (Lipinski definition) is 1. The van der Waals surface area contributed by atoms with Crippen LogP contribution in [0.4, 0.5) is 0 Å². The van der Waals surface area contributed by atoms with Crippen LogP contribution in [-0.2, 0) is 0 Å². The quantitative estimate of drug-likeness (QED) is 0.707. The van der Waals surface area contributed by atoms with Crippen molar-refractivity contribution in [3.05, 3.63) is 0 Å². The first-order valence-electron chi connectivity index (χ1n) is 4.29. The van der Waals surface area contributed by atoms with Crippen molar-refractivity contribution in [2.75, 3.05) is 24.3 Å². The minimum Gasteiger partial charge on any atom is -0.361 e. The van der Waals surface area contributed by atoms with Gasteiger partial charge in [0.15, 0.2) is 5.17 Å². The van der Waals surface area contributed by atoms with E-state index in [4.69, 9.17) is 0 Å². The minimum absolute atomic E-state index is 0.656. The van der Waals surface area contributed by atoms with E-state index in [1.165, 1.54) is 12.2 Å². The van der Waals surface area contributed by atoms with E-state index >= 15 is 0 Å². The number of nitrogens with one attached hydrogen (secondary N) is 1. The van der Waals surface area contributed by atoms with E-state index in [1.807, 2.05) is 23.5 Å². The van der Waals surface area contributed by atoms with Crippen LogP contribution in [0.15, 0.2) is 4.99 Å². The van der Waals surface area contributed by atoms with Crippen LogP contribution in [0.2, 0.25) is 0 Å². The Balaban J connectivity index is 2.21. The predicted molar refractivity (Wildman–Crippen MR) is 60.4 cm³/mol. The minimum atomic E-state index is 0.656. The molecule has 12 heavy (non-hydrogen) atoms. The fraction of sp³-hybridized carbons (Fsp3) is 0.875. The summed E-state index contributed by atoms with van der Waals surface area (Å²) in [5.41, 5.74) is 0. The third-order valence-corrected chi connectivity index (χ3v) is 3.47. The Morgan fingerprint density at radius 1 is 1.75 bits per heavy atom. The van der Waals surface area contributed by atoms with Crippen molar-refractivity contribution in [3.63, 3.8) is 0 Å². The van der Waals surface area contributed by atoms with Crippen molar-refractivity contribution in [1.29, 1.82) is 0 Å². The molecule has 70 valence electrons. The molecule has 1 atom stereocenters. The number of nitrogens with zero attached hydrogens (tertiary/aromatic N) is 1. The van der Waals surface area contributed by atoms with Gasteiger partial charge in [0.05, 0.1) is 6.54 Å². The van der Waals surface area contributed by atoms with Crippen LogP contribution < -0.4 is 5.32 Å². The maximum absolute atomic E-state index is 4.46. The average Bonchev–Trinajstić information content (AvgIpc) is 2.53. The lowest BCUT2D eigenvalue weighted by atomic mass is 10.3. The molecular formula is C8H16N2S2. The van der Waals surface area contributed by atoms with E-state index in [0.717, 1.165) is 17.5 Å². The molecule has 1 rings (SSSR count). The van der Waals surface area contributed by atoms with Gasteiger partial charge in [0.1, 0.15) is 0 Å². The van der Waals surface area contributed by atoms with Crippen LogP contribution in [0.1, 0.15) is 13.3 Å². The average molecular weight is 204 g/mol. The molecule has 0 aromatic carbocycles. The molecule has 0 aliphatic carbocycles. The Morgan fingerprint density at radius 2 is 2.58 bits per heavy atom. The van der Waals surface area contributed by atoms with Crippen LogP contribution in [0, 0.1) is 0 Å². The fourth-order valence-corrected chi connectivity index (χ4v) is 2.37. The highest BCUT2D eigenvalue weighted by Gasteiger charge is 2.17. The van der Waals surface area contributed by atoms with Gasteiger partial charge in [-0.3, -0.25) is 4.99 Å². The number of rotatable bonds is 4. The summed E-state index contributed by atoms with van der Waals surface area (Å²) >= 11 is 3.70. The molecule has 1 N–H and O–H groups in total. The zero-order valence-corrected chi connectivity index (χ0v) is 9.30. The maximum Gasteiger partial charge on any atom is 0.156 e. The summed E-state index contributed by atoms with van der Waals surface area (Å²) in [5, 5.41) is 4.55. The molecule has 0 saturated carbocycles. The highest BCUT2D eigenvalue weighted by Crippen LogP contribution is 2.15. The molecule has 1 unspecified atom stereocenters. The zero-order chi connectivity index (χ0) is 8.81. The maximum atomic E-state index is 4.46. The topological polar surface area (TPSA) is 24.4 Å². The van der Waals surface area contributed by atoms with Crippen molar-refractivity contribution in [2.24, 2.45) is 4.99 Å². The smallest absolute Gasteiger partial charge is 0.156 e. The summed E-state index contributed by atoms with van der Waals surface area (Å²) in [4.78, 5) is 4.46. The van der Waals surface area contributed by atoms with Gasteiger partial charge < -0.3 is 5.32 Å². The van der Waals surface area contributed by atoms with E-state index in [0.29, 0.717) is 6.04 Å². The zero-order valence-electron chi connectivity index (χ0n) is 7.67. The summed E-state index contributed by atoms with van der Waals surface area (Å²) in [6.07, 6.45) is 3.32. The Labute approximate surface area is 83.0 Å². The Hall–Kier alpha value is 0.170. The summed E-state index contributed by atoms with van der Waals surface area (Å²) in [6, 6.07) is 0.656. The van der Waals surface area contributed by atoms with Gasteiger partial charge in [-0.1, -0.05) is 18.7 Å². The molecule has 0 bridgehead atoms. The van der Waals surface area contributed by atoms with Gasteiger partial charge in [-0.05, 0) is 12.7 Å². The van der Waals surface area contributed by atoms with Crippen LogP contribution in [0.25, 0.3) is 0 Å². The van der Waals surface area contributed by atoms with Crippen molar-refractivity contribution in [1.82, 2.24) is 5.32 Å². The van der Waals surface area contributed by atoms with Gasteiger partial charge in [-0.2, -0.15) is 11.8 Å². The Kier molecular flexibility index (Phi) is 4.92. The molecule has 1 aliphatic rings. The lowest BCUT2D eigenvalue weighted by Crippen LogP contribution is -2.25. The van der Waals surface area contributed by atoms with E-state index in [1.54, 1.807) is 0 Å². The van der Waals surface area contributed by atoms with Gasteiger partial charge in [0.2, 0.25) is 0 Å². The molecule has 1 heterocycles. The third-order valence-electron chi connectivity index (χ3n) is 1.79. The highest BCUT2D eigenvalue weighted by molar-refractivity contribution is 8.14. The van der Waals surface area contributed by atoms with Crippen molar-refractivity contribution in [2.45, 2.75) is 19.4 Å². The number of aliphatic imine (C=N–C) groups is 1. The predicted octanol–water partition coefficient (Wildman–Crippen LogP) is 1.82. The summed E-state index contributed by atoms with van der Waals surface area (Å²) < 4.78 is 0. The molecular weight excluding hydrogens is 188 g/mol. The first-order chi connectivity index (χ1) is 5.86. The summed E-state index contributed by atoms with van der Waals surface area (Å²) in [7, 11) is 0. The second kappa shape index (κ2) is 5.75.